The van der Waals surface area contributed by atoms with Gasteiger partial charge in [-0.05, 0) is 26.2 Å². The van der Waals surface area contributed by atoms with Crippen molar-refractivity contribution in [2.45, 2.75) is 43.6 Å². The van der Waals surface area contributed by atoms with Crippen molar-refractivity contribution in [3.8, 4) is 0 Å². The molecule has 94 valence electrons. The van der Waals surface area contributed by atoms with Crippen molar-refractivity contribution in [1.29, 1.82) is 0 Å². The molecule has 1 fully saturated rings. The molecule has 2 unspecified atom stereocenters. The van der Waals surface area contributed by atoms with Crippen molar-refractivity contribution in [2.24, 2.45) is 0 Å². The Bertz CT molecular complexity index is 248. The van der Waals surface area contributed by atoms with E-state index in [2.05, 4.69) is 0 Å². The largest absolute Gasteiger partial charge is 0.465 e. The molecule has 0 aliphatic carbocycles. The van der Waals surface area contributed by atoms with Crippen LogP contribution in [0.2, 0.25) is 0 Å². The summed E-state index contributed by atoms with van der Waals surface area (Å²) in [7, 11) is -1.13. The zero-order valence-electron chi connectivity index (χ0n) is 9.94. The third-order valence-electron chi connectivity index (χ3n) is 2.70. The number of rotatable bonds is 5. The molecule has 1 aliphatic rings. The highest BCUT2D eigenvalue weighted by molar-refractivity contribution is 7.87. The topological polar surface area (TPSA) is 52.6 Å². The van der Waals surface area contributed by atoms with Gasteiger partial charge in [-0.3, -0.25) is 9.00 Å². The van der Waals surface area contributed by atoms with Crippen LogP contribution in [-0.2, 0) is 25.1 Å². The first-order valence-corrected chi connectivity index (χ1v) is 7.12. The van der Waals surface area contributed by atoms with Gasteiger partial charge in [-0.1, -0.05) is 6.92 Å². The van der Waals surface area contributed by atoms with Crippen LogP contribution in [0.25, 0.3) is 0 Å². The lowest BCUT2D eigenvalue weighted by molar-refractivity contribution is -0.142. The zero-order chi connectivity index (χ0) is 12.0. The van der Waals surface area contributed by atoms with Gasteiger partial charge in [0.25, 0.3) is 0 Å². The first-order chi connectivity index (χ1) is 7.70. The minimum atomic E-state index is -1.13. The number of carbonyl (C=O) groups is 1. The van der Waals surface area contributed by atoms with Crippen molar-refractivity contribution >= 4 is 16.8 Å². The van der Waals surface area contributed by atoms with E-state index in [-0.39, 0.29) is 11.2 Å². The maximum atomic E-state index is 12.2. The minimum absolute atomic E-state index is 0.0862. The number of ether oxygens (including phenoxy) is 2. The monoisotopic (exact) mass is 248 g/mol. The lowest BCUT2D eigenvalue weighted by atomic mass is 10.2. The van der Waals surface area contributed by atoms with Crippen molar-refractivity contribution in [3.05, 3.63) is 0 Å². The number of hydrogen-bond acceptors (Lipinski definition) is 4. The van der Waals surface area contributed by atoms with Crippen molar-refractivity contribution < 1.29 is 18.5 Å². The van der Waals surface area contributed by atoms with E-state index < -0.39 is 16.0 Å². The second-order valence-corrected chi connectivity index (χ2v) is 5.68. The van der Waals surface area contributed by atoms with E-state index in [1.54, 1.807) is 6.92 Å². The molecule has 0 amide bonds. The van der Waals surface area contributed by atoms with E-state index in [0.29, 0.717) is 26.2 Å². The summed E-state index contributed by atoms with van der Waals surface area (Å²) in [6.45, 7) is 5.28. The molecule has 0 bridgehead atoms. The summed E-state index contributed by atoms with van der Waals surface area (Å²) in [6.07, 6.45) is 2.13. The third-order valence-corrected chi connectivity index (χ3v) is 4.91. The van der Waals surface area contributed by atoms with Crippen LogP contribution in [0.3, 0.4) is 0 Å². The van der Waals surface area contributed by atoms with Gasteiger partial charge in [0, 0.05) is 29.3 Å². The molecule has 2 atom stereocenters. The lowest BCUT2D eigenvalue weighted by Crippen LogP contribution is -2.36. The van der Waals surface area contributed by atoms with Gasteiger partial charge >= 0.3 is 5.97 Å². The van der Waals surface area contributed by atoms with Crippen molar-refractivity contribution in [3.63, 3.8) is 0 Å². The molecule has 4 nitrogen and oxygen atoms in total. The highest BCUT2D eigenvalue weighted by Gasteiger charge is 2.31. The van der Waals surface area contributed by atoms with Gasteiger partial charge in [-0.15, -0.1) is 0 Å². The van der Waals surface area contributed by atoms with Crippen LogP contribution in [0.15, 0.2) is 0 Å². The highest BCUT2D eigenvalue weighted by atomic mass is 32.2. The number of carbonyl (C=O) groups excluding carboxylic acids is 1. The van der Waals surface area contributed by atoms with Crippen LogP contribution in [0, 0.1) is 0 Å². The summed E-state index contributed by atoms with van der Waals surface area (Å²) >= 11 is 0. The maximum Gasteiger partial charge on any atom is 0.321 e. The Morgan fingerprint density at radius 1 is 1.44 bits per heavy atom. The fraction of sp³-hybridized carbons (Fsp3) is 0.909. The molecule has 1 aliphatic heterocycles. The summed E-state index contributed by atoms with van der Waals surface area (Å²) < 4.78 is 22.4. The molecule has 0 saturated carbocycles. The van der Waals surface area contributed by atoms with E-state index in [4.69, 9.17) is 9.47 Å². The van der Waals surface area contributed by atoms with E-state index in [9.17, 15) is 9.00 Å². The first kappa shape index (κ1) is 13.6. The molecule has 1 rings (SSSR count). The van der Waals surface area contributed by atoms with Crippen LogP contribution in [0.4, 0.5) is 0 Å². The smallest absolute Gasteiger partial charge is 0.321 e. The van der Waals surface area contributed by atoms with Crippen LogP contribution in [-0.4, -0.2) is 40.5 Å². The molecular formula is C11H20O4S. The second kappa shape index (κ2) is 7.01. The normalized spacial score (nSPS) is 21.4. The molecule has 5 heteroatoms. The highest BCUT2D eigenvalue weighted by Crippen LogP contribution is 2.19. The van der Waals surface area contributed by atoms with Gasteiger partial charge in [0.15, 0.2) is 0 Å². The average Bonchev–Trinajstić information content (AvgIpc) is 2.31. The molecular weight excluding hydrogens is 228 g/mol. The standard InChI is InChI=1S/C11H20O4S/c1-3-10(11(12)15-4-2)16(13)9-5-7-14-8-6-9/h9-10H,3-8H2,1-2H3. The SMILES string of the molecule is CCOC(=O)C(CC)S(=O)C1CCOCC1. The Kier molecular flexibility index (Phi) is 5.98. The van der Waals surface area contributed by atoms with Gasteiger partial charge in [0.05, 0.1) is 6.61 Å². The van der Waals surface area contributed by atoms with Gasteiger partial charge in [-0.2, -0.15) is 0 Å². The lowest BCUT2D eigenvalue weighted by Gasteiger charge is -2.24. The Morgan fingerprint density at radius 2 is 2.06 bits per heavy atom. The van der Waals surface area contributed by atoms with E-state index in [0.717, 1.165) is 12.8 Å². The van der Waals surface area contributed by atoms with Gasteiger partial charge < -0.3 is 9.47 Å². The predicted molar refractivity (Wildman–Crippen MR) is 62.7 cm³/mol. The van der Waals surface area contributed by atoms with Crippen molar-refractivity contribution in [2.75, 3.05) is 19.8 Å². The molecule has 0 spiro atoms. The zero-order valence-corrected chi connectivity index (χ0v) is 10.8. The van der Waals surface area contributed by atoms with Gasteiger partial charge in [-0.25, -0.2) is 0 Å². The Morgan fingerprint density at radius 3 is 2.56 bits per heavy atom. The molecule has 0 N–H and O–H groups in total. The molecule has 1 heterocycles. The van der Waals surface area contributed by atoms with Crippen molar-refractivity contribution in [1.82, 2.24) is 0 Å². The minimum Gasteiger partial charge on any atom is -0.465 e. The molecule has 0 aromatic heterocycles. The molecule has 0 aromatic rings. The maximum absolute atomic E-state index is 12.2. The second-order valence-electron chi connectivity index (χ2n) is 3.79. The molecule has 0 aromatic carbocycles. The summed E-state index contributed by atoms with van der Waals surface area (Å²) in [5.74, 6) is -0.324. The number of esters is 1. The predicted octanol–water partition coefficient (Wildman–Crippen LogP) is 1.26. The fourth-order valence-corrected chi connectivity index (χ4v) is 3.51. The Hall–Kier alpha value is -0.420. The molecule has 1 saturated heterocycles. The van der Waals surface area contributed by atoms with Crippen LogP contribution >= 0.6 is 0 Å². The summed E-state index contributed by atoms with van der Waals surface area (Å²) in [5, 5.41) is -0.383. The van der Waals surface area contributed by atoms with Gasteiger partial charge in [0.1, 0.15) is 5.25 Å². The van der Waals surface area contributed by atoms with Crippen LogP contribution in [0.1, 0.15) is 33.1 Å². The quantitative estimate of drug-likeness (QED) is 0.687. The average molecular weight is 248 g/mol. The summed E-state index contributed by atoms with van der Waals surface area (Å²) in [6, 6.07) is 0. The third kappa shape index (κ3) is 3.56. The van der Waals surface area contributed by atoms with E-state index in [1.165, 1.54) is 0 Å². The Balaban J connectivity index is 2.57. The van der Waals surface area contributed by atoms with E-state index >= 15 is 0 Å². The Labute approximate surface area is 99.1 Å². The summed E-state index contributed by atoms with van der Waals surface area (Å²) in [4.78, 5) is 11.6. The fourth-order valence-electron chi connectivity index (χ4n) is 1.80. The molecule has 0 radical (unpaired) electrons. The van der Waals surface area contributed by atoms with Crippen LogP contribution < -0.4 is 0 Å². The molecule has 16 heavy (non-hydrogen) atoms. The number of hydrogen-bond donors (Lipinski definition) is 0. The van der Waals surface area contributed by atoms with Gasteiger partial charge in [0.2, 0.25) is 0 Å². The summed E-state index contributed by atoms with van der Waals surface area (Å²) in [5.41, 5.74) is 0. The van der Waals surface area contributed by atoms with E-state index in [1.807, 2.05) is 6.92 Å². The van der Waals surface area contributed by atoms with Crippen LogP contribution in [0.5, 0.6) is 0 Å². The first-order valence-electron chi connectivity index (χ1n) is 5.84.